The molecule has 0 aliphatic carbocycles. The van der Waals surface area contributed by atoms with Gasteiger partial charge in [-0.05, 0) is 37.1 Å². The Labute approximate surface area is 177 Å². The molecule has 4 rings (SSSR count). The second-order valence-electron chi connectivity index (χ2n) is 8.11. The maximum Gasteiger partial charge on any atom is 0.433 e. The van der Waals surface area contributed by atoms with Crippen molar-refractivity contribution in [2.45, 2.75) is 40.0 Å². The third kappa shape index (κ3) is 3.62. The first-order chi connectivity index (χ1) is 14.1. The topological polar surface area (TPSA) is 49.3 Å². The average Bonchev–Trinajstić information content (AvgIpc) is 3.08. The zero-order chi connectivity index (χ0) is 21.8. The molecule has 0 bridgehead atoms. The summed E-state index contributed by atoms with van der Waals surface area (Å²) < 4.78 is 38.6. The maximum atomic E-state index is 13.0. The third-order valence-corrected chi connectivity index (χ3v) is 6.71. The zero-order valence-electron chi connectivity index (χ0n) is 16.9. The van der Waals surface area contributed by atoms with Crippen molar-refractivity contribution in [3.05, 3.63) is 51.6 Å². The summed E-state index contributed by atoms with van der Waals surface area (Å²) in [5, 5.41) is 0.640. The van der Waals surface area contributed by atoms with Gasteiger partial charge < -0.3 is 9.80 Å². The van der Waals surface area contributed by atoms with E-state index in [-0.39, 0.29) is 17.7 Å². The number of amides is 1. The van der Waals surface area contributed by atoms with Gasteiger partial charge in [-0.25, -0.2) is 0 Å². The van der Waals surface area contributed by atoms with Gasteiger partial charge in [0.2, 0.25) is 5.91 Å². The van der Waals surface area contributed by atoms with E-state index in [1.165, 1.54) is 6.20 Å². The van der Waals surface area contributed by atoms with Crippen molar-refractivity contribution in [2.75, 3.05) is 18.0 Å². The van der Waals surface area contributed by atoms with Crippen molar-refractivity contribution < 1.29 is 18.0 Å². The van der Waals surface area contributed by atoms with Crippen LogP contribution in [0.3, 0.4) is 0 Å². The van der Waals surface area contributed by atoms with Crippen molar-refractivity contribution >= 4 is 23.2 Å². The van der Waals surface area contributed by atoms with Crippen molar-refractivity contribution in [3.8, 4) is 0 Å². The number of hydrogen-bond donors (Lipinski definition) is 0. The molecule has 9 heteroatoms. The molecule has 0 spiro atoms. The van der Waals surface area contributed by atoms with Crippen LogP contribution in [-0.4, -0.2) is 33.9 Å². The third-order valence-electron chi connectivity index (χ3n) is 6.16. The summed E-state index contributed by atoms with van der Waals surface area (Å²) >= 11 is 6.30. The van der Waals surface area contributed by atoms with Gasteiger partial charge in [0.1, 0.15) is 5.69 Å². The first-order valence-electron chi connectivity index (χ1n) is 9.77. The van der Waals surface area contributed by atoms with E-state index < -0.39 is 11.9 Å². The molecule has 2 aliphatic heterocycles. The summed E-state index contributed by atoms with van der Waals surface area (Å²) in [4.78, 5) is 24.6. The standard InChI is InChI=1S/C21H22ClF3N4O/c1-11(14-7-28(8-14)15-4-5-26-18(6-15)21(23,24)25)20(30)29-9-16-12(2)19(22)13(3)27-17(16)10-29/h4-6,11,14H,7-10H2,1-3H3. The van der Waals surface area contributed by atoms with Crippen molar-refractivity contribution in [2.24, 2.45) is 11.8 Å². The van der Waals surface area contributed by atoms with Crippen LogP contribution < -0.4 is 4.90 Å². The van der Waals surface area contributed by atoms with Gasteiger partial charge in [-0.1, -0.05) is 18.5 Å². The van der Waals surface area contributed by atoms with E-state index in [1.807, 2.05) is 25.7 Å². The van der Waals surface area contributed by atoms with Gasteiger partial charge in [0, 0.05) is 43.4 Å². The molecule has 1 atom stereocenters. The summed E-state index contributed by atoms with van der Waals surface area (Å²) in [6.07, 6.45) is -3.30. The van der Waals surface area contributed by atoms with Crippen LogP contribution in [0.25, 0.3) is 0 Å². The number of rotatable bonds is 3. The van der Waals surface area contributed by atoms with Crippen molar-refractivity contribution in [1.82, 2.24) is 14.9 Å². The predicted molar refractivity (Wildman–Crippen MR) is 107 cm³/mol. The van der Waals surface area contributed by atoms with E-state index in [2.05, 4.69) is 9.97 Å². The molecule has 160 valence electrons. The summed E-state index contributed by atoms with van der Waals surface area (Å²) in [6, 6.07) is 2.62. The lowest BCUT2D eigenvalue weighted by molar-refractivity contribution is -0.141. The van der Waals surface area contributed by atoms with Crippen LogP contribution in [0.4, 0.5) is 18.9 Å². The fourth-order valence-electron chi connectivity index (χ4n) is 4.16. The lowest BCUT2D eigenvalue weighted by Crippen LogP contribution is -2.52. The van der Waals surface area contributed by atoms with Crippen LogP contribution in [0.15, 0.2) is 18.3 Å². The molecule has 4 heterocycles. The first-order valence-corrected chi connectivity index (χ1v) is 10.2. The fraction of sp³-hybridized carbons (Fsp3) is 0.476. The average molecular weight is 439 g/mol. The number of alkyl halides is 3. The van der Waals surface area contributed by atoms with Crippen LogP contribution in [0.2, 0.25) is 5.02 Å². The number of carbonyl (C=O) groups excluding carboxylic acids is 1. The summed E-state index contributed by atoms with van der Waals surface area (Å²) in [5.74, 6) is -0.101. The van der Waals surface area contributed by atoms with Gasteiger partial charge in [0.25, 0.3) is 0 Å². The van der Waals surface area contributed by atoms with Gasteiger partial charge in [-0.3, -0.25) is 14.8 Å². The van der Waals surface area contributed by atoms with Crippen molar-refractivity contribution in [3.63, 3.8) is 0 Å². The lowest BCUT2D eigenvalue weighted by atomic mass is 9.85. The molecule has 0 saturated carbocycles. The highest BCUT2D eigenvalue weighted by Crippen LogP contribution is 2.36. The number of aromatic nitrogens is 2. The molecule has 0 N–H and O–H groups in total. The highest BCUT2D eigenvalue weighted by Gasteiger charge is 2.39. The Hall–Kier alpha value is -2.35. The molecule has 5 nitrogen and oxygen atoms in total. The molecule has 1 fully saturated rings. The second-order valence-corrected chi connectivity index (χ2v) is 8.48. The molecule has 2 aliphatic rings. The van der Waals surface area contributed by atoms with Crippen LogP contribution in [-0.2, 0) is 24.1 Å². The highest BCUT2D eigenvalue weighted by atomic mass is 35.5. The molecule has 2 aromatic rings. The molecular formula is C21H22ClF3N4O. The number of pyridine rings is 2. The number of aryl methyl sites for hydroxylation is 1. The number of carbonyl (C=O) groups is 1. The minimum Gasteiger partial charge on any atom is -0.371 e. The minimum absolute atomic E-state index is 0.0385. The van der Waals surface area contributed by atoms with Crippen molar-refractivity contribution in [1.29, 1.82) is 0 Å². The van der Waals surface area contributed by atoms with Crippen LogP contribution >= 0.6 is 11.6 Å². The van der Waals surface area contributed by atoms with E-state index in [1.54, 1.807) is 11.0 Å². The molecule has 1 saturated heterocycles. The SMILES string of the molecule is Cc1nc2c(c(C)c1Cl)CN(C(=O)C(C)C1CN(c3ccnc(C(F)(F)F)c3)C1)C2. The van der Waals surface area contributed by atoms with Gasteiger partial charge in [-0.2, -0.15) is 13.2 Å². The Balaban J connectivity index is 1.39. The monoisotopic (exact) mass is 438 g/mol. The lowest BCUT2D eigenvalue weighted by Gasteiger charge is -2.44. The summed E-state index contributed by atoms with van der Waals surface area (Å²) in [5.41, 5.74) is 3.21. The molecule has 0 radical (unpaired) electrons. The number of nitrogens with zero attached hydrogens (tertiary/aromatic N) is 4. The number of hydrogen-bond acceptors (Lipinski definition) is 4. The summed E-state index contributed by atoms with van der Waals surface area (Å²) in [6.45, 7) is 7.73. The van der Waals surface area contributed by atoms with E-state index >= 15 is 0 Å². The summed E-state index contributed by atoms with van der Waals surface area (Å²) in [7, 11) is 0. The molecule has 0 aromatic carbocycles. The Bertz CT molecular complexity index is 1000. The van der Waals surface area contributed by atoms with Gasteiger partial charge in [0.15, 0.2) is 0 Å². The number of halogens is 4. The fourth-order valence-corrected chi connectivity index (χ4v) is 4.32. The van der Waals surface area contributed by atoms with Gasteiger partial charge >= 0.3 is 6.18 Å². The number of anilines is 1. The quantitative estimate of drug-likeness (QED) is 0.713. The Morgan fingerprint density at radius 2 is 1.97 bits per heavy atom. The highest BCUT2D eigenvalue weighted by molar-refractivity contribution is 6.32. The van der Waals surface area contributed by atoms with Gasteiger partial charge in [0.05, 0.1) is 23.0 Å². The smallest absolute Gasteiger partial charge is 0.371 e. The van der Waals surface area contributed by atoms with E-state index in [4.69, 9.17) is 11.6 Å². The molecule has 1 amide bonds. The van der Waals surface area contributed by atoms with Crippen LogP contribution in [0, 0.1) is 25.7 Å². The van der Waals surface area contributed by atoms with Crippen LogP contribution in [0.1, 0.15) is 35.1 Å². The van der Waals surface area contributed by atoms with E-state index in [9.17, 15) is 18.0 Å². The maximum absolute atomic E-state index is 13.0. The molecular weight excluding hydrogens is 417 g/mol. The normalized spacial score (nSPS) is 17.7. The molecule has 2 aromatic heterocycles. The van der Waals surface area contributed by atoms with Gasteiger partial charge in [-0.15, -0.1) is 0 Å². The first kappa shape index (κ1) is 20.9. The minimum atomic E-state index is -4.47. The molecule has 1 unspecified atom stereocenters. The Kier molecular flexibility index (Phi) is 5.16. The Morgan fingerprint density at radius 3 is 2.63 bits per heavy atom. The zero-order valence-corrected chi connectivity index (χ0v) is 17.7. The van der Waals surface area contributed by atoms with Crippen LogP contribution in [0.5, 0.6) is 0 Å². The van der Waals surface area contributed by atoms with E-state index in [0.29, 0.717) is 36.9 Å². The number of fused-ring (bicyclic) bond motifs is 1. The molecule has 30 heavy (non-hydrogen) atoms. The second kappa shape index (κ2) is 7.41. The largest absolute Gasteiger partial charge is 0.433 e. The van der Waals surface area contributed by atoms with E-state index in [0.717, 1.165) is 28.6 Å². The predicted octanol–water partition coefficient (Wildman–Crippen LogP) is 4.38. The Morgan fingerprint density at radius 1 is 1.27 bits per heavy atom.